The summed E-state index contributed by atoms with van der Waals surface area (Å²) in [6.45, 7) is 7.74. The van der Waals surface area contributed by atoms with Gasteiger partial charge in [0.2, 0.25) is 11.9 Å². The first kappa shape index (κ1) is 14.5. The number of carbonyl (C=O) groups is 1. The lowest BCUT2D eigenvalue weighted by Gasteiger charge is -2.34. The van der Waals surface area contributed by atoms with Crippen LogP contribution in [0.15, 0.2) is 30.5 Å². The minimum atomic E-state index is 0.0846. The van der Waals surface area contributed by atoms with Crippen LogP contribution >= 0.6 is 0 Å². The molecule has 0 unspecified atom stereocenters. The second-order valence-electron chi connectivity index (χ2n) is 5.81. The minimum absolute atomic E-state index is 0.0846. The van der Waals surface area contributed by atoms with Crippen LogP contribution in [0.3, 0.4) is 0 Å². The van der Waals surface area contributed by atoms with Crippen LogP contribution in [0, 0.1) is 20.8 Å². The summed E-state index contributed by atoms with van der Waals surface area (Å²) in [5.74, 6) is 0.717. The van der Waals surface area contributed by atoms with Crippen LogP contribution in [0.5, 0.6) is 0 Å². The zero-order valence-corrected chi connectivity index (χ0v) is 13.2. The van der Waals surface area contributed by atoms with E-state index >= 15 is 0 Å². The zero-order valence-electron chi connectivity index (χ0n) is 13.2. The Morgan fingerprint density at radius 3 is 2.41 bits per heavy atom. The van der Waals surface area contributed by atoms with Crippen molar-refractivity contribution in [3.63, 3.8) is 0 Å². The van der Waals surface area contributed by atoms with Crippen LogP contribution < -0.4 is 9.80 Å². The lowest BCUT2D eigenvalue weighted by atomic mass is 10.1. The van der Waals surface area contributed by atoms with Gasteiger partial charge in [0.1, 0.15) is 6.54 Å². The molecule has 5 heteroatoms. The second-order valence-corrected chi connectivity index (χ2v) is 5.81. The van der Waals surface area contributed by atoms with Gasteiger partial charge in [-0.05, 0) is 50.1 Å². The van der Waals surface area contributed by atoms with Gasteiger partial charge in [-0.1, -0.05) is 6.07 Å². The molecule has 1 aromatic carbocycles. The molecule has 114 valence electrons. The first-order chi connectivity index (χ1) is 10.5. The lowest BCUT2D eigenvalue weighted by Crippen LogP contribution is -2.51. The van der Waals surface area contributed by atoms with Gasteiger partial charge in [-0.2, -0.15) is 0 Å². The summed E-state index contributed by atoms with van der Waals surface area (Å²) in [7, 11) is 0. The number of benzene rings is 1. The standard InChI is InChI=1S/C17H20N4O/c1-12-8-13(2)10-15(9-12)21-7-6-20(11-16(21)22)17-18-5-4-14(3)19-17/h4-5,8-10H,6-7,11H2,1-3H3. The van der Waals surface area contributed by atoms with Crippen LogP contribution in [0.1, 0.15) is 16.8 Å². The van der Waals surface area contributed by atoms with E-state index in [1.165, 1.54) is 11.1 Å². The molecular formula is C17H20N4O. The van der Waals surface area contributed by atoms with E-state index in [1.807, 2.05) is 22.8 Å². The SMILES string of the molecule is Cc1cc(C)cc(N2CCN(c3nccc(C)n3)CC2=O)c1. The first-order valence-corrected chi connectivity index (χ1v) is 7.46. The highest BCUT2D eigenvalue weighted by atomic mass is 16.2. The maximum Gasteiger partial charge on any atom is 0.246 e. The van der Waals surface area contributed by atoms with Gasteiger partial charge < -0.3 is 9.80 Å². The maximum atomic E-state index is 12.5. The van der Waals surface area contributed by atoms with Gasteiger partial charge in [0.05, 0.1) is 0 Å². The van der Waals surface area contributed by atoms with E-state index in [-0.39, 0.29) is 5.91 Å². The maximum absolute atomic E-state index is 12.5. The average Bonchev–Trinajstić information content (AvgIpc) is 2.46. The first-order valence-electron chi connectivity index (χ1n) is 7.46. The molecule has 0 N–H and O–H groups in total. The number of carbonyl (C=O) groups excluding carboxylic acids is 1. The summed E-state index contributed by atoms with van der Waals surface area (Å²) in [4.78, 5) is 25.0. The number of aryl methyl sites for hydroxylation is 3. The van der Waals surface area contributed by atoms with E-state index in [4.69, 9.17) is 0 Å². The topological polar surface area (TPSA) is 49.3 Å². The summed E-state index contributed by atoms with van der Waals surface area (Å²) < 4.78 is 0. The number of anilines is 2. The van der Waals surface area contributed by atoms with E-state index < -0.39 is 0 Å². The van der Waals surface area contributed by atoms with E-state index in [9.17, 15) is 4.79 Å². The Kier molecular flexibility index (Phi) is 3.79. The molecule has 0 saturated carbocycles. The van der Waals surface area contributed by atoms with Crippen LogP contribution in [0.2, 0.25) is 0 Å². The predicted octanol–water partition coefficient (Wildman–Crippen LogP) is 2.26. The third kappa shape index (κ3) is 2.93. The molecule has 22 heavy (non-hydrogen) atoms. The number of rotatable bonds is 2. The smallest absolute Gasteiger partial charge is 0.246 e. The van der Waals surface area contributed by atoms with Crippen LogP contribution in [0.4, 0.5) is 11.6 Å². The van der Waals surface area contributed by atoms with Gasteiger partial charge in [-0.3, -0.25) is 4.79 Å². The highest BCUT2D eigenvalue weighted by Gasteiger charge is 2.26. The lowest BCUT2D eigenvalue weighted by molar-refractivity contribution is -0.117. The van der Waals surface area contributed by atoms with Crippen molar-refractivity contribution in [1.82, 2.24) is 9.97 Å². The van der Waals surface area contributed by atoms with E-state index in [2.05, 4.69) is 42.0 Å². The van der Waals surface area contributed by atoms with E-state index in [0.717, 1.165) is 17.9 Å². The summed E-state index contributed by atoms with van der Waals surface area (Å²) in [5, 5.41) is 0. The normalized spacial score (nSPS) is 15.3. The predicted molar refractivity (Wildman–Crippen MR) is 87.3 cm³/mol. The monoisotopic (exact) mass is 296 g/mol. The van der Waals surface area contributed by atoms with Crippen LogP contribution in [-0.2, 0) is 4.79 Å². The van der Waals surface area contributed by atoms with Crippen molar-refractivity contribution < 1.29 is 4.79 Å². The highest BCUT2D eigenvalue weighted by molar-refractivity contribution is 5.97. The quantitative estimate of drug-likeness (QED) is 0.853. The van der Waals surface area contributed by atoms with Gasteiger partial charge in [0.15, 0.2) is 0 Å². The Morgan fingerprint density at radius 2 is 1.77 bits per heavy atom. The fourth-order valence-corrected chi connectivity index (χ4v) is 2.81. The van der Waals surface area contributed by atoms with Gasteiger partial charge >= 0.3 is 0 Å². The van der Waals surface area contributed by atoms with Crippen molar-refractivity contribution in [1.29, 1.82) is 0 Å². The van der Waals surface area contributed by atoms with Crippen molar-refractivity contribution in [2.75, 3.05) is 29.4 Å². The Balaban J connectivity index is 1.79. The Morgan fingerprint density at radius 1 is 1.05 bits per heavy atom. The number of aromatic nitrogens is 2. The summed E-state index contributed by atoms with van der Waals surface area (Å²) >= 11 is 0. The molecule has 1 saturated heterocycles. The fraction of sp³-hybridized carbons (Fsp3) is 0.353. The van der Waals surface area contributed by atoms with Gasteiger partial charge in [0.25, 0.3) is 0 Å². The van der Waals surface area contributed by atoms with Crippen LogP contribution in [-0.4, -0.2) is 35.5 Å². The molecule has 0 spiro atoms. The Bertz CT molecular complexity index is 693. The summed E-state index contributed by atoms with van der Waals surface area (Å²) in [6, 6.07) is 8.09. The fourth-order valence-electron chi connectivity index (χ4n) is 2.81. The third-order valence-corrected chi connectivity index (χ3v) is 3.80. The van der Waals surface area contributed by atoms with Gasteiger partial charge in [-0.15, -0.1) is 0 Å². The highest BCUT2D eigenvalue weighted by Crippen LogP contribution is 2.22. The molecule has 1 aliphatic heterocycles. The van der Waals surface area contributed by atoms with Gasteiger partial charge in [0, 0.05) is 30.7 Å². The molecule has 5 nitrogen and oxygen atoms in total. The summed E-state index contributed by atoms with van der Waals surface area (Å²) in [5.41, 5.74) is 4.24. The summed E-state index contributed by atoms with van der Waals surface area (Å²) in [6.07, 6.45) is 1.73. The van der Waals surface area contributed by atoms with Crippen LogP contribution in [0.25, 0.3) is 0 Å². The number of amides is 1. The van der Waals surface area contributed by atoms with Crippen molar-refractivity contribution in [2.45, 2.75) is 20.8 Å². The number of nitrogens with zero attached hydrogens (tertiary/aromatic N) is 4. The van der Waals surface area contributed by atoms with Crippen molar-refractivity contribution in [3.05, 3.63) is 47.3 Å². The molecule has 1 fully saturated rings. The molecule has 0 atom stereocenters. The minimum Gasteiger partial charge on any atom is -0.330 e. The van der Waals surface area contributed by atoms with E-state index in [1.54, 1.807) is 6.20 Å². The molecule has 1 aromatic heterocycles. The van der Waals surface area contributed by atoms with E-state index in [0.29, 0.717) is 19.0 Å². The number of piperazine rings is 1. The zero-order chi connectivity index (χ0) is 15.7. The molecule has 3 rings (SSSR count). The number of hydrogen-bond donors (Lipinski definition) is 0. The molecule has 0 aliphatic carbocycles. The largest absolute Gasteiger partial charge is 0.330 e. The van der Waals surface area contributed by atoms with Crippen molar-refractivity contribution >= 4 is 17.5 Å². The molecule has 0 bridgehead atoms. The average molecular weight is 296 g/mol. The second kappa shape index (κ2) is 5.75. The Labute approximate surface area is 130 Å². The van der Waals surface area contributed by atoms with Crippen molar-refractivity contribution in [3.8, 4) is 0 Å². The number of hydrogen-bond acceptors (Lipinski definition) is 4. The Hall–Kier alpha value is -2.43. The molecule has 2 heterocycles. The molecule has 1 amide bonds. The molecule has 1 aliphatic rings. The van der Waals surface area contributed by atoms with Gasteiger partial charge in [-0.25, -0.2) is 9.97 Å². The molecule has 0 radical (unpaired) electrons. The third-order valence-electron chi connectivity index (χ3n) is 3.80. The van der Waals surface area contributed by atoms with Crippen molar-refractivity contribution in [2.24, 2.45) is 0 Å². The molecule has 2 aromatic rings. The molecular weight excluding hydrogens is 276 g/mol.